The second-order valence-corrected chi connectivity index (χ2v) is 9.78. The summed E-state index contributed by atoms with van der Waals surface area (Å²) < 4.78 is 39.8. The molecule has 1 aliphatic rings. The van der Waals surface area contributed by atoms with E-state index in [0.717, 1.165) is 16.7 Å². The van der Waals surface area contributed by atoms with Crippen LogP contribution < -0.4 is 4.74 Å². The van der Waals surface area contributed by atoms with E-state index in [2.05, 4.69) is 0 Å². The fourth-order valence-electron chi connectivity index (χ4n) is 3.59. The molecule has 0 spiro atoms. The van der Waals surface area contributed by atoms with Crippen LogP contribution in [-0.4, -0.2) is 25.9 Å². The minimum Gasteiger partial charge on any atom is -0.492 e. The highest BCUT2D eigenvalue weighted by molar-refractivity contribution is 7.89. The smallest absolute Gasteiger partial charge is 0.243 e. The molecule has 0 saturated carbocycles. The number of rotatable bonds is 6. The van der Waals surface area contributed by atoms with Crippen LogP contribution in [0.5, 0.6) is 5.75 Å². The lowest BCUT2D eigenvalue weighted by Crippen LogP contribution is -2.33. The van der Waals surface area contributed by atoms with Crippen LogP contribution in [0.3, 0.4) is 0 Å². The molecule has 3 aromatic carbocycles. The van der Waals surface area contributed by atoms with Gasteiger partial charge in [-0.1, -0.05) is 54.1 Å². The molecule has 7 heteroatoms. The maximum atomic E-state index is 13.3. The zero-order valence-electron chi connectivity index (χ0n) is 17.3. The molecule has 0 atom stereocenters. The minimum absolute atomic E-state index is 0.228. The van der Waals surface area contributed by atoms with Gasteiger partial charge in [0.1, 0.15) is 12.4 Å². The van der Waals surface area contributed by atoms with E-state index in [9.17, 15) is 8.42 Å². The summed E-state index contributed by atoms with van der Waals surface area (Å²) in [4.78, 5) is 0.228. The van der Waals surface area contributed by atoms with Gasteiger partial charge in [-0.3, -0.25) is 0 Å². The fraction of sp³-hybridized carbons (Fsp3) is 0.250. The van der Waals surface area contributed by atoms with Crippen molar-refractivity contribution >= 4 is 21.6 Å². The van der Waals surface area contributed by atoms with Crippen molar-refractivity contribution in [3.8, 4) is 5.75 Å². The van der Waals surface area contributed by atoms with Crippen LogP contribution in [0.4, 0.5) is 0 Å². The van der Waals surface area contributed by atoms with Gasteiger partial charge in [0.2, 0.25) is 10.0 Å². The molecule has 3 aromatic rings. The third kappa shape index (κ3) is 4.93. The van der Waals surface area contributed by atoms with Crippen LogP contribution in [0, 0.1) is 6.92 Å². The number of halogens is 1. The van der Waals surface area contributed by atoms with E-state index >= 15 is 0 Å². The summed E-state index contributed by atoms with van der Waals surface area (Å²) in [5, 5.41) is 0.436. The van der Waals surface area contributed by atoms with Crippen LogP contribution in [0.1, 0.15) is 22.3 Å². The zero-order valence-corrected chi connectivity index (χ0v) is 18.8. The Balaban J connectivity index is 1.52. The van der Waals surface area contributed by atoms with E-state index < -0.39 is 10.0 Å². The molecule has 31 heavy (non-hydrogen) atoms. The third-order valence-electron chi connectivity index (χ3n) is 5.29. The van der Waals surface area contributed by atoms with Gasteiger partial charge in [0.25, 0.3) is 0 Å². The van der Waals surface area contributed by atoms with Gasteiger partial charge in [-0.05, 0) is 47.9 Å². The van der Waals surface area contributed by atoms with Gasteiger partial charge >= 0.3 is 0 Å². The summed E-state index contributed by atoms with van der Waals surface area (Å²) in [6, 6.07) is 20.7. The van der Waals surface area contributed by atoms with Crippen LogP contribution in [0.25, 0.3) is 0 Å². The van der Waals surface area contributed by atoms with Gasteiger partial charge in [-0.15, -0.1) is 0 Å². The first-order valence-corrected chi connectivity index (χ1v) is 11.9. The van der Waals surface area contributed by atoms with Crippen LogP contribution in [-0.2, 0) is 34.5 Å². The molecular weight excluding hydrogens is 434 g/mol. The topological polar surface area (TPSA) is 55.8 Å². The highest BCUT2D eigenvalue weighted by Gasteiger charge is 2.29. The van der Waals surface area contributed by atoms with Crippen LogP contribution in [0.2, 0.25) is 5.02 Å². The number of benzene rings is 3. The van der Waals surface area contributed by atoms with Gasteiger partial charge < -0.3 is 9.47 Å². The van der Waals surface area contributed by atoms with E-state index in [-0.39, 0.29) is 24.6 Å². The molecule has 5 nitrogen and oxygen atoms in total. The number of ether oxygens (including phenoxy) is 2. The first kappa shape index (κ1) is 21.8. The summed E-state index contributed by atoms with van der Waals surface area (Å²) >= 11 is 6.16. The zero-order chi connectivity index (χ0) is 21.8. The Hall–Kier alpha value is -2.38. The average Bonchev–Trinajstić information content (AvgIpc) is 2.99. The molecule has 0 fully saturated rings. The maximum absolute atomic E-state index is 13.3. The fourth-order valence-corrected chi connectivity index (χ4v) is 5.47. The molecule has 0 aliphatic carbocycles. The van der Waals surface area contributed by atoms with Gasteiger partial charge in [-0.2, -0.15) is 4.31 Å². The van der Waals surface area contributed by atoms with Crippen molar-refractivity contribution in [1.29, 1.82) is 0 Å². The molecule has 0 unspecified atom stereocenters. The summed E-state index contributed by atoms with van der Waals surface area (Å²) in [6.45, 7) is 3.46. The molecule has 0 radical (unpaired) electrons. The molecular formula is C24H24ClNO4S. The Morgan fingerprint density at radius 1 is 1.00 bits per heavy atom. The monoisotopic (exact) mass is 457 g/mol. The maximum Gasteiger partial charge on any atom is 0.243 e. The molecule has 0 aromatic heterocycles. The Kier molecular flexibility index (Phi) is 6.62. The highest BCUT2D eigenvalue weighted by Crippen LogP contribution is 2.30. The first-order chi connectivity index (χ1) is 14.9. The summed E-state index contributed by atoms with van der Waals surface area (Å²) in [5.41, 5.74) is 3.45. The van der Waals surface area contributed by atoms with Crippen molar-refractivity contribution in [2.45, 2.75) is 31.6 Å². The second-order valence-electron chi connectivity index (χ2n) is 7.47. The Morgan fingerprint density at radius 3 is 2.58 bits per heavy atom. The number of fused-ring (bicyclic) bond motifs is 1. The van der Waals surface area contributed by atoms with Gasteiger partial charge in [-0.25, -0.2) is 8.42 Å². The lowest BCUT2D eigenvalue weighted by molar-refractivity contribution is 0.107. The Labute approximate surface area is 188 Å². The first-order valence-electron chi connectivity index (χ1n) is 10.1. The van der Waals surface area contributed by atoms with E-state index in [1.807, 2.05) is 48.5 Å². The highest BCUT2D eigenvalue weighted by atomic mass is 35.5. The van der Waals surface area contributed by atoms with Gasteiger partial charge in [0, 0.05) is 23.7 Å². The number of nitrogens with zero attached hydrogens (tertiary/aromatic N) is 1. The summed E-state index contributed by atoms with van der Waals surface area (Å²) in [7, 11) is -3.71. The van der Waals surface area contributed by atoms with E-state index in [1.165, 1.54) is 4.31 Å². The summed E-state index contributed by atoms with van der Waals surface area (Å²) in [6.07, 6.45) is 0. The molecule has 0 amide bonds. The largest absolute Gasteiger partial charge is 0.492 e. The van der Waals surface area contributed by atoms with Crippen molar-refractivity contribution in [3.63, 3.8) is 0 Å². The van der Waals surface area contributed by atoms with Crippen LogP contribution >= 0.6 is 11.6 Å². The average molecular weight is 458 g/mol. The van der Waals surface area contributed by atoms with Crippen molar-refractivity contribution < 1.29 is 17.9 Å². The van der Waals surface area contributed by atoms with E-state index in [1.54, 1.807) is 25.1 Å². The van der Waals surface area contributed by atoms with E-state index in [0.29, 0.717) is 29.5 Å². The predicted molar refractivity (Wildman–Crippen MR) is 121 cm³/mol. The second kappa shape index (κ2) is 9.40. The van der Waals surface area contributed by atoms with E-state index in [4.69, 9.17) is 21.1 Å². The Bertz CT molecular complexity index is 1170. The van der Waals surface area contributed by atoms with Crippen molar-refractivity contribution in [2.75, 3.05) is 13.2 Å². The lowest BCUT2D eigenvalue weighted by Gasteiger charge is -2.21. The summed E-state index contributed by atoms with van der Waals surface area (Å²) in [5.74, 6) is 0.701. The quantitative estimate of drug-likeness (QED) is 0.525. The molecule has 4 rings (SSSR count). The number of hydrogen-bond donors (Lipinski definition) is 0. The predicted octanol–water partition coefficient (Wildman–Crippen LogP) is 4.95. The lowest BCUT2D eigenvalue weighted by atomic mass is 10.1. The number of sulfonamides is 1. The van der Waals surface area contributed by atoms with Crippen molar-refractivity contribution in [1.82, 2.24) is 4.31 Å². The molecule has 1 aliphatic heterocycles. The van der Waals surface area contributed by atoms with Gasteiger partial charge in [0.05, 0.1) is 18.1 Å². The molecule has 0 bridgehead atoms. The molecule has 0 N–H and O–H groups in total. The number of hydrogen-bond acceptors (Lipinski definition) is 4. The third-order valence-corrected chi connectivity index (χ3v) is 7.69. The van der Waals surface area contributed by atoms with Crippen molar-refractivity contribution in [3.05, 3.63) is 94.0 Å². The Morgan fingerprint density at radius 2 is 1.77 bits per heavy atom. The van der Waals surface area contributed by atoms with Crippen LogP contribution in [0.15, 0.2) is 71.6 Å². The SMILES string of the molecule is Cc1c(Cl)cccc1S(=O)(=O)N1CCOc2ccc(COCc3ccccc3)cc2C1. The van der Waals surface area contributed by atoms with Crippen molar-refractivity contribution in [2.24, 2.45) is 0 Å². The normalized spacial score (nSPS) is 14.5. The minimum atomic E-state index is -3.71. The molecule has 0 saturated heterocycles. The molecule has 162 valence electrons. The molecule has 1 heterocycles. The van der Waals surface area contributed by atoms with Gasteiger partial charge in [0.15, 0.2) is 0 Å². The standard InChI is InChI=1S/C24H24ClNO4S/c1-18-22(25)8-5-9-24(18)31(27,28)26-12-13-30-23-11-10-20(14-21(23)15-26)17-29-16-19-6-3-2-4-7-19/h2-11,14H,12-13,15-17H2,1H3.